The Morgan fingerprint density at radius 1 is 0.870 bits per heavy atom. The molecule has 0 spiro atoms. The molecule has 0 saturated heterocycles. The molecule has 2 aromatic carbocycles. The van der Waals surface area contributed by atoms with Gasteiger partial charge in [-0.1, -0.05) is 0 Å². The maximum absolute atomic E-state index is 12.7. The van der Waals surface area contributed by atoms with Crippen molar-refractivity contribution < 1.29 is 30.0 Å². The molecular weight excluding hydrogens is 300 g/mol. The number of ketones is 2. The van der Waals surface area contributed by atoms with Crippen LogP contribution in [0.5, 0.6) is 23.0 Å². The second kappa shape index (κ2) is 6.00. The van der Waals surface area contributed by atoms with Crippen LogP contribution in [0.25, 0.3) is 0 Å². The van der Waals surface area contributed by atoms with Gasteiger partial charge in [-0.2, -0.15) is 0 Å². The minimum Gasteiger partial charge on any atom is -0.508 e. The van der Waals surface area contributed by atoms with E-state index < -0.39 is 17.3 Å². The van der Waals surface area contributed by atoms with Crippen molar-refractivity contribution in [1.82, 2.24) is 0 Å². The van der Waals surface area contributed by atoms with Crippen molar-refractivity contribution in [3.63, 3.8) is 0 Å². The molecule has 0 aliphatic rings. The maximum Gasteiger partial charge on any atom is 0.201 e. The molecule has 0 aliphatic carbocycles. The molecule has 6 heteroatoms. The lowest BCUT2D eigenvalue weighted by atomic mass is 9.92. The van der Waals surface area contributed by atoms with Crippen LogP contribution in [0.3, 0.4) is 0 Å². The zero-order chi connectivity index (χ0) is 17.3. The van der Waals surface area contributed by atoms with E-state index >= 15 is 0 Å². The van der Waals surface area contributed by atoms with Gasteiger partial charge in [0.15, 0.2) is 0 Å². The summed E-state index contributed by atoms with van der Waals surface area (Å²) in [5, 5.41) is 39.0. The summed E-state index contributed by atoms with van der Waals surface area (Å²) >= 11 is 0. The first-order valence-corrected chi connectivity index (χ1v) is 6.82. The second-order valence-corrected chi connectivity index (χ2v) is 5.36. The highest BCUT2D eigenvalue weighted by molar-refractivity contribution is 6.14. The summed E-state index contributed by atoms with van der Waals surface area (Å²) in [6.07, 6.45) is -0.152. The fraction of sp³-hybridized carbons (Fsp3) is 0.176. The number of aromatic hydroxyl groups is 4. The Kier molecular flexibility index (Phi) is 4.27. The lowest BCUT2D eigenvalue weighted by molar-refractivity contribution is -0.116. The zero-order valence-electron chi connectivity index (χ0n) is 12.6. The van der Waals surface area contributed by atoms with E-state index in [0.717, 1.165) is 12.1 Å². The van der Waals surface area contributed by atoms with E-state index in [4.69, 9.17) is 0 Å². The predicted molar refractivity (Wildman–Crippen MR) is 82.1 cm³/mol. The van der Waals surface area contributed by atoms with Gasteiger partial charge in [0.25, 0.3) is 0 Å². The summed E-state index contributed by atoms with van der Waals surface area (Å²) in [6, 6.07) is 4.53. The van der Waals surface area contributed by atoms with Gasteiger partial charge in [-0.15, -0.1) is 0 Å². The van der Waals surface area contributed by atoms with Crippen LogP contribution in [0.1, 0.15) is 34.0 Å². The van der Waals surface area contributed by atoms with Crippen molar-refractivity contribution in [2.75, 3.05) is 0 Å². The van der Waals surface area contributed by atoms with E-state index in [1.165, 1.54) is 26.0 Å². The summed E-state index contributed by atoms with van der Waals surface area (Å²) in [6.45, 7) is 2.84. The number of Topliss-reactive ketones (excluding diaryl/α,β-unsaturated/α-hetero) is 1. The van der Waals surface area contributed by atoms with Gasteiger partial charge >= 0.3 is 0 Å². The number of hydrogen-bond donors (Lipinski definition) is 4. The number of benzene rings is 2. The average Bonchev–Trinajstić information content (AvgIpc) is 2.35. The van der Waals surface area contributed by atoms with Crippen molar-refractivity contribution in [1.29, 1.82) is 0 Å². The van der Waals surface area contributed by atoms with E-state index in [0.29, 0.717) is 5.56 Å². The number of hydrogen-bond acceptors (Lipinski definition) is 6. The van der Waals surface area contributed by atoms with Crippen LogP contribution in [-0.2, 0) is 11.2 Å². The van der Waals surface area contributed by atoms with Crippen LogP contribution in [0.2, 0.25) is 0 Å². The first kappa shape index (κ1) is 16.4. The normalized spacial score (nSPS) is 10.5. The highest BCUT2D eigenvalue weighted by atomic mass is 16.3. The fourth-order valence-corrected chi connectivity index (χ4v) is 2.51. The summed E-state index contributed by atoms with van der Waals surface area (Å²) in [5.41, 5.74) is 0.219. The highest BCUT2D eigenvalue weighted by Gasteiger charge is 2.24. The molecule has 0 saturated carbocycles. The topological polar surface area (TPSA) is 115 Å². The van der Waals surface area contributed by atoms with Gasteiger partial charge in [0, 0.05) is 18.6 Å². The van der Waals surface area contributed by atoms with Gasteiger partial charge in [-0.25, -0.2) is 0 Å². The number of carbonyl (C=O) groups is 2. The SMILES string of the molecule is CC(=O)Cc1cc(O)cc(O)c1C(=O)c1c(C)cc(O)cc1O. The molecule has 0 aliphatic heterocycles. The quantitative estimate of drug-likeness (QED) is 0.643. The van der Waals surface area contributed by atoms with Crippen molar-refractivity contribution in [3.05, 3.63) is 46.5 Å². The number of carbonyl (C=O) groups excluding carboxylic acids is 2. The van der Waals surface area contributed by atoms with Crippen molar-refractivity contribution in [2.45, 2.75) is 20.3 Å². The van der Waals surface area contributed by atoms with Crippen LogP contribution < -0.4 is 0 Å². The molecule has 0 atom stereocenters. The third-order valence-corrected chi connectivity index (χ3v) is 3.38. The van der Waals surface area contributed by atoms with E-state index in [-0.39, 0.29) is 40.4 Å². The Morgan fingerprint density at radius 3 is 1.91 bits per heavy atom. The fourth-order valence-electron chi connectivity index (χ4n) is 2.51. The molecule has 0 fully saturated rings. The molecule has 0 unspecified atom stereocenters. The largest absolute Gasteiger partial charge is 0.508 e. The summed E-state index contributed by atoms with van der Waals surface area (Å²) in [5.74, 6) is -2.35. The van der Waals surface area contributed by atoms with Gasteiger partial charge in [0.05, 0.1) is 11.1 Å². The molecule has 2 aromatic rings. The second-order valence-electron chi connectivity index (χ2n) is 5.36. The van der Waals surface area contributed by atoms with Crippen LogP contribution in [-0.4, -0.2) is 32.0 Å². The molecule has 0 heterocycles. The van der Waals surface area contributed by atoms with Gasteiger partial charge < -0.3 is 20.4 Å². The van der Waals surface area contributed by atoms with Crippen molar-refractivity contribution in [2.24, 2.45) is 0 Å². The van der Waals surface area contributed by atoms with Gasteiger partial charge in [0.2, 0.25) is 5.78 Å². The average molecular weight is 316 g/mol. The number of aryl methyl sites for hydroxylation is 1. The molecule has 0 aromatic heterocycles. The van der Waals surface area contributed by atoms with E-state index in [9.17, 15) is 30.0 Å². The smallest absolute Gasteiger partial charge is 0.201 e. The molecular formula is C17H16O6. The summed E-state index contributed by atoms with van der Waals surface area (Å²) in [4.78, 5) is 24.1. The summed E-state index contributed by atoms with van der Waals surface area (Å²) < 4.78 is 0. The van der Waals surface area contributed by atoms with Crippen LogP contribution in [0, 0.1) is 6.92 Å². The lowest BCUT2D eigenvalue weighted by Gasteiger charge is -2.13. The highest BCUT2D eigenvalue weighted by Crippen LogP contribution is 2.34. The minimum absolute atomic E-state index is 0.0893. The number of phenolic OH excluding ortho intramolecular Hbond substituents is 4. The molecule has 120 valence electrons. The number of phenols is 4. The monoisotopic (exact) mass is 316 g/mol. The van der Waals surface area contributed by atoms with Gasteiger partial charge in [-0.05, 0) is 37.1 Å². The van der Waals surface area contributed by atoms with Crippen LogP contribution >= 0.6 is 0 Å². The van der Waals surface area contributed by atoms with E-state index in [1.54, 1.807) is 0 Å². The van der Waals surface area contributed by atoms with E-state index in [2.05, 4.69) is 0 Å². The van der Waals surface area contributed by atoms with Crippen LogP contribution in [0.15, 0.2) is 24.3 Å². The van der Waals surface area contributed by atoms with Crippen molar-refractivity contribution in [3.8, 4) is 23.0 Å². The van der Waals surface area contributed by atoms with Gasteiger partial charge in [0.1, 0.15) is 28.8 Å². The summed E-state index contributed by atoms with van der Waals surface area (Å²) in [7, 11) is 0. The third kappa shape index (κ3) is 3.26. The Hall–Kier alpha value is -3.02. The first-order chi connectivity index (χ1) is 10.7. The Bertz CT molecular complexity index is 784. The zero-order valence-corrected chi connectivity index (χ0v) is 12.6. The molecule has 2 rings (SSSR count). The maximum atomic E-state index is 12.7. The minimum atomic E-state index is -0.700. The Balaban J connectivity index is 2.67. The predicted octanol–water partition coefficient (Wildman–Crippen LogP) is 2.18. The van der Waals surface area contributed by atoms with E-state index in [1.807, 2.05) is 0 Å². The molecule has 6 nitrogen and oxygen atoms in total. The van der Waals surface area contributed by atoms with Crippen LogP contribution in [0.4, 0.5) is 0 Å². The first-order valence-electron chi connectivity index (χ1n) is 6.82. The molecule has 23 heavy (non-hydrogen) atoms. The Labute approximate surface area is 132 Å². The lowest BCUT2D eigenvalue weighted by Crippen LogP contribution is -2.10. The molecule has 0 radical (unpaired) electrons. The molecule has 0 bridgehead atoms. The standard InChI is InChI=1S/C17H16O6/c1-8-3-11(19)6-13(21)15(8)17(23)16-10(4-9(2)18)5-12(20)7-14(16)22/h3,5-7,19-22H,4H2,1-2H3. The Morgan fingerprint density at radius 2 is 1.39 bits per heavy atom. The third-order valence-electron chi connectivity index (χ3n) is 3.38. The molecule has 4 N–H and O–H groups in total. The number of rotatable bonds is 4. The molecule has 0 amide bonds. The van der Waals surface area contributed by atoms with Crippen molar-refractivity contribution >= 4 is 11.6 Å². The van der Waals surface area contributed by atoms with Gasteiger partial charge in [-0.3, -0.25) is 9.59 Å².